The number of carbonyl (C=O) groups is 2. The minimum Gasteiger partial charge on any atom is -0.384 e. The minimum absolute atomic E-state index is 0.0944. The van der Waals surface area contributed by atoms with E-state index in [2.05, 4.69) is 48.3 Å². The van der Waals surface area contributed by atoms with Crippen molar-refractivity contribution in [3.63, 3.8) is 0 Å². The fourth-order valence-electron chi connectivity index (χ4n) is 5.32. The van der Waals surface area contributed by atoms with Crippen molar-refractivity contribution in [2.45, 2.75) is 12.8 Å². The molecule has 2 saturated heterocycles. The predicted molar refractivity (Wildman–Crippen MR) is 177 cm³/mol. The van der Waals surface area contributed by atoms with E-state index in [1.54, 1.807) is 46.7 Å². The van der Waals surface area contributed by atoms with Crippen LogP contribution in [0.2, 0.25) is 0 Å². The maximum Gasteiger partial charge on any atom is 0.230 e. The van der Waals surface area contributed by atoms with E-state index in [0.717, 1.165) is 28.1 Å². The van der Waals surface area contributed by atoms with Crippen molar-refractivity contribution in [2.75, 3.05) is 54.9 Å². The lowest BCUT2D eigenvalue weighted by molar-refractivity contribution is -0.120. The summed E-state index contributed by atoms with van der Waals surface area (Å²) in [5.41, 5.74) is 9.44. The molecular weight excluding hydrogens is 596 g/mol. The third-order valence-corrected chi connectivity index (χ3v) is 7.89. The van der Waals surface area contributed by atoms with Crippen LogP contribution in [-0.4, -0.2) is 74.8 Å². The summed E-state index contributed by atoms with van der Waals surface area (Å²) in [5.74, 6) is 1.65. The van der Waals surface area contributed by atoms with Gasteiger partial charge >= 0.3 is 0 Å². The first-order chi connectivity index (χ1) is 22.8. The third-order valence-electron chi connectivity index (χ3n) is 7.89. The van der Waals surface area contributed by atoms with Crippen molar-refractivity contribution in [3.05, 3.63) is 73.3 Å². The number of nitrogen functional groups attached to an aromatic ring is 1. The molecule has 2 atom stereocenters. The second-order valence-electron chi connectivity index (χ2n) is 11.1. The molecule has 2 aliphatic rings. The van der Waals surface area contributed by atoms with Crippen LogP contribution in [0, 0.1) is 34.7 Å². The van der Waals surface area contributed by atoms with Crippen LogP contribution >= 0.6 is 0 Å². The van der Waals surface area contributed by atoms with Crippen molar-refractivity contribution in [1.29, 1.82) is 10.5 Å². The van der Waals surface area contributed by atoms with E-state index in [4.69, 9.17) is 16.3 Å². The van der Waals surface area contributed by atoms with Crippen LogP contribution in [0.3, 0.4) is 0 Å². The Bertz CT molecular complexity index is 1820. The SMILES string of the molecule is CNc1cc(-c2ccnc(NC(=O)[C@H]3CCN(C#N)C3)c2)ccn1.N#CN1CC[C@H](C(=O)Nc2cc(-c3ccnc(N)c3)ccn2)C1. The summed E-state index contributed by atoms with van der Waals surface area (Å²) in [6, 6.07) is 14.8. The Kier molecular flexibility index (Phi) is 10.3. The number of aromatic nitrogens is 4. The van der Waals surface area contributed by atoms with Gasteiger partial charge in [0.1, 0.15) is 23.3 Å². The molecule has 2 amide bonds. The van der Waals surface area contributed by atoms with Crippen LogP contribution in [0.25, 0.3) is 22.3 Å². The molecule has 2 fully saturated rings. The first-order valence-electron chi connectivity index (χ1n) is 15.0. The van der Waals surface area contributed by atoms with Crippen LogP contribution in [0.4, 0.5) is 23.3 Å². The molecule has 0 unspecified atom stereocenters. The number of rotatable bonds is 7. The second kappa shape index (κ2) is 15.1. The van der Waals surface area contributed by atoms with Gasteiger partial charge in [0.05, 0.1) is 11.8 Å². The van der Waals surface area contributed by atoms with Crippen LogP contribution in [0.5, 0.6) is 0 Å². The van der Waals surface area contributed by atoms with E-state index in [1.165, 1.54) is 0 Å². The van der Waals surface area contributed by atoms with Crippen molar-refractivity contribution in [1.82, 2.24) is 29.7 Å². The zero-order valence-electron chi connectivity index (χ0n) is 25.8. The Morgan fingerprint density at radius 3 is 1.51 bits per heavy atom. The topological polar surface area (TPSA) is 202 Å². The maximum atomic E-state index is 12.3. The Balaban J connectivity index is 0.000000185. The van der Waals surface area contributed by atoms with Gasteiger partial charge in [0, 0.05) is 58.0 Å². The molecule has 47 heavy (non-hydrogen) atoms. The van der Waals surface area contributed by atoms with Crippen molar-refractivity contribution < 1.29 is 9.59 Å². The van der Waals surface area contributed by atoms with Gasteiger partial charge < -0.3 is 31.5 Å². The number of hydrogen-bond donors (Lipinski definition) is 4. The second-order valence-corrected chi connectivity index (χ2v) is 11.1. The Morgan fingerprint density at radius 1 is 0.702 bits per heavy atom. The standard InChI is InChI=1S/C17H18N6O.C16H16N6O/c1-19-15-8-12(2-5-20-15)13-3-6-21-16(9-13)22-17(24)14-4-7-23(10-14)11-18;17-10-22-6-3-13(9-22)16(23)21-15-8-12(2-5-20-15)11-1-4-19-14(18)7-11/h2-3,5-6,8-9,14H,4,7,10H2,1H3,(H,19,20)(H,21,22,24);1-2,4-5,7-8,13H,3,6,9H2,(H2,18,19)(H,20,21,23)/t14-;13-/m00/s1. The molecule has 5 N–H and O–H groups in total. The van der Waals surface area contributed by atoms with Crippen molar-refractivity contribution >= 4 is 35.1 Å². The highest BCUT2D eigenvalue weighted by molar-refractivity contribution is 5.93. The molecule has 6 heterocycles. The molecule has 14 nitrogen and oxygen atoms in total. The lowest BCUT2D eigenvalue weighted by atomic mass is 10.1. The van der Waals surface area contributed by atoms with E-state index in [-0.39, 0.29) is 23.7 Å². The highest BCUT2D eigenvalue weighted by Gasteiger charge is 2.29. The van der Waals surface area contributed by atoms with Gasteiger partial charge in [-0.3, -0.25) is 9.59 Å². The Morgan fingerprint density at radius 2 is 1.11 bits per heavy atom. The molecule has 0 radical (unpaired) electrons. The number of pyridine rings is 4. The number of carbonyl (C=O) groups excluding carboxylic acids is 2. The molecule has 0 spiro atoms. The minimum atomic E-state index is -0.184. The number of nitriles is 2. The van der Waals surface area contributed by atoms with Crippen molar-refractivity contribution in [3.8, 4) is 34.6 Å². The lowest BCUT2D eigenvalue weighted by Gasteiger charge is -2.11. The summed E-state index contributed by atoms with van der Waals surface area (Å²) in [6.07, 6.45) is 12.2. The number of nitrogens with two attached hydrogens (primary N) is 1. The summed E-state index contributed by atoms with van der Waals surface area (Å²) in [6.45, 7) is 2.19. The third kappa shape index (κ3) is 8.46. The number of likely N-dealkylation sites (tertiary alicyclic amines) is 2. The largest absolute Gasteiger partial charge is 0.384 e. The summed E-state index contributed by atoms with van der Waals surface area (Å²) < 4.78 is 0. The lowest BCUT2D eigenvalue weighted by Crippen LogP contribution is -2.25. The van der Waals surface area contributed by atoms with Crippen LogP contribution in [0.1, 0.15) is 12.8 Å². The van der Waals surface area contributed by atoms with Crippen LogP contribution in [0.15, 0.2) is 73.3 Å². The van der Waals surface area contributed by atoms with Crippen molar-refractivity contribution in [2.24, 2.45) is 11.8 Å². The number of nitrogens with one attached hydrogen (secondary N) is 3. The van der Waals surface area contributed by atoms with E-state index < -0.39 is 0 Å². The Labute approximate surface area is 272 Å². The number of nitrogens with zero attached hydrogens (tertiary/aromatic N) is 8. The average Bonchev–Trinajstić information content (AvgIpc) is 3.80. The molecule has 0 bridgehead atoms. The highest BCUT2D eigenvalue weighted by Crippen LogP contribution is 2.25. The number of amides is 2. The van der Waals surface area contributed by atoms with E-state index in [0.29, 0.717) is 56.5 Å². The Hall–Kier alpha value is -6.28. The highest BCUT2D eigenvalue weighted by atomic mass is 16.2. The predicted octanol–water partition coefficient (Wildman–Crippen LogP) is 3.39. The van der Waals surface area contributed by atoms with Gasteiger partial charge in [-0.15, -0.1) is 0 Å². The van der Waals surface area contributed by atoms with Gasteiger partial charge in [-0.2, -0.15) is 10.5 Å². The molecular formula is C33H34N12O2. The van der Waals surface area contributed by atoms with Gasteiger partial charge in [0.15, 0.2) is 12.4 Å². The van der Waals surface area contributed by atoms with Crippen LogP contribution in [-0.2, 0) is 9.59 Å². The number of hydrogen-bond acceptors (Lipinski definition) is 12. The van der Waals surface area contributed by atoms with Gasteiger partial charge in [-0.1, -0.05) is 0 Å². The van der Waals surface area contributed by atoms with E-state index >= 15 is 0 Å². The number of anilines is 4. The molecule has 6 rings (SSSR count). The molecule has 0 saturated carbocycles. The molecule has 238 valence electrons. The first-order valence-corrected chi connectivity index (χ1v) is 15.0. The smallest absolute Gasteiger partial charge is 0.230 e. The quantitative estimate of drug-likeness (QED) is 0.217. The molecule has 14 heteroatoms. The summed E-state index contributed by atoms with van der Waals surface area (Å²) in [4.78, 5) is 44.3. The molecule has 0 aromatic carbocycles. The van der Waals surface area contributed by atoms with Crippen LogP contribution < -0.4 is 21.7 Å². The van der Waals surface area contributed by atoms with E-state index in [9.17, 15) is 9.59 Å². The molecule has 4 aromatic rings. The summed E-state index contributed by atoms with van der Waals surface area (Å²) in [5, 5.41) is 26.4. The molecule has 4 aromatic heterocycles. The maximum absolute atomic E-state index is 12.3. The fourth-order valence-corrected chi connectivity index (χ4v) is 5.32. The van der Waals surface area contributed by atoms with E-state index in [1.807, 2.05) is 43.4 Å². The zero-order chi connectivity index (χ0) is 33.2. The van der Waals surface area contributed by atoms with Gasteiger partial charge in [-0.25, -0.2) is 19.9 Å². The zero-order valence-corrected chi connectivity index (χ0v) is 25.8. The summed E-state index contributed by atoms with van der Waals surface area (Å²) in [7, 11) is 1.82. The molecule has 2 aliphatic heterocycles. The van der Waals surface area contributed by atoms with Gasteiger partial charge in [0.2, 0.25) is 11.8 Å². The van der Waals surface area contributed by atoms with Gasteiger partial charge in [-0.05, 0) is 83.6 Å². The normalized spacial score (nSPS) is 16.7. The monoisotopic (exact) mass is 630 g/mol. The fraction of sp³-hybridized carbons (Fsp3) is 0.273. The van der Waals surface area contributed by atoms with Gasteiger partial charge in [0.25, 0.3) is 0 Å². The molecule has 0 aliphatic carbocycles. The first kappa shape index (κ1) is 32.1. The summed E-state index contributed by atoms with van der Waals surface area (Å²) >= 11 is 0. The average molecular weight is 631 g/mol.